The summed E-state index contributed by atoms with van der Waals surface area (Å²) in [6, 6.07) is 0. The number of likely N-dealkylation sites (N-methyl/N-ethyl adjacent to an activating group) is 1. The fourth-order valence-electron chi connectivity index (χ4n) is 5.12. The van der Waals surface area contributed by atoms with Crippen LogP contribution in [0.1, 0.15) is 155 Å². The molecule has 0 aliphatic rings. The van der Waals surface area contributed by atoms with Gasteiger partial charge in [0.1, 0.15) is 0 Å². The summed E-state index contributed by atoms with van der Waals surface area (Å²) in [5.41, 5.74) is 0. The summed E-state index contributed by atoms with van der Waals surface area (Å²) in [5, 5.41) is 0. The molecule has 0 saturated heterocycles. The molecule has 0 spiro atoms. The summed E-state index contributed by atoms with van der Waals surface area (Å²) < 4.78 is 12.2. The fraction of sp³-hybridized carbons (Fsp3) is 0.756. The maximum Gasteiger partial charge on any atom is 0.0934 e. The van der Waals surface area contributed by atoms with Crippen LogP contribution in [0.2, 0.25) is 0 Å². The van der Waals surface area contributed by atoms with Gasteiger partial charge in [0.05, 0.1) is 12.7 Å². The first-order valence-electron chi connectivity index (χ1n) is 18.8. The molecular weight excluding hydrogens is 538 g/mol. The maximum atomic E-state index is 6.21. The van der Waals surface area contributed by atoms with Crippen LogP contribution in [-0.4, -0.2) is 51.5 Å². The van der Waals surface area contributed by atoms with E-state index in [2.05, 4.69) is 93.6 Å². The Hall–Kier alpha value is -1.42. The average Bonchev–Trinajstić information content (AvgIpc) is 3.01. The monoisotopic (exact) mass is 614 g/mol. The van der Waals surface area contributed by atoms with E-state index in [0.29, 0.717) is 0 Å². The third kappa shape index (κ3) is 36.8. The van der Waals surface area contributed by atoms with Crippen molar-refractivity contribution in [1.29, 1.82) is 0 Å². The lowest BCUT2D eigenvalue weighted by molar-refractivity contribution is -0.0287. The van der Waals surface area contributed by atoms with Crippen LogP contribution in [-0.2, 0) is 9.47 Å². The number of ether oxygens (including phenoxy) is 2. The molecule has 0 aromatic rings. The van der Waals surface area contributed by atoms with Crippen LogP contribution in [0.3, 0.4) is 0 Å². The molecule has 0 N–H and O–H groups in total. The lowest BCUT2D eigenvalue weighted by Crippen LogP contribution is -2.32. The van der Waals surface area contributed by atoms with Crippen LogP contribution in [0, 0.1) is 0 Å². The van der Waals surface area contributed by atoms with Crippen molar-refractivity contribution in [2.45, 2.75) is 161 Å². The molecule has 0 bridgehead atoms. The molecule has 256 valence electrons. The maximum absolute atomic E-state index is 6.21. The Labute approximate surface area is 276 Å². The number of unbranched alkanes of at least 4 members (excludes halogenated alkanes) is 15. The lowest BCUT2D eigenvalue weighted by Gasteiger charge is -2.21. The van der Waals surface area contributed by atoms with E-state index in [1.165, 1.54) is 109 Å². The van der Waals surface area contributed by atoms with E-state index in [1.54, 1.807) is 0 Å². The van der Waals surface area contributed by atoms with Gasteiger partial charge in [-0.3, -0.25) is 0 Å². The van der Waals surface area contributed by atoms with Crippen molar-refractivity contribution in [3.05, 3.63) is 60.8 Å². The molecule has 0 aromatic carbocycles. The van der Waals surface area contributed by atoms with Crippen molar-refractivity contribution >= 4 is 0 Å². The highest BCUT2D eigenvalue weighted by Crippen LogP contribution is 2.10. The van der Waals surface area contributed by atoms with Gasteiger partial charge in [-0.2, -0.15) is 0 Å². The second-order valence-electron chi connectivity index (χ2n) is 12.6. The van der Waals surface area contributed by atoms with E-state index in [0.717, 1.165) is 58.5 Å². The topological polar surface area (TPSA) is 21.7 Å². The Bertz CT molecular complexity index is 691. The Morgan fingerprint density at radius 1 is 0.477 bits per heavy atom. The Morgan fingerprint density at radius 2 is 0.909 bits per heavy atom. The quantitative estimate of drug-likeness (QED) is 0.0532. The number of allylic oxidation sites excluding steroid dienone is 10. The molecule has 1 atom stereocenters. The highest BCUT2D eigenvalue weighted by Gasteiger charge is 2.10. The highest BCUT2D eigenvalue weighted by molar-refractivity contribution is 4.97. The van der Waals surface area contributed by atoms with E-state index < -0.39 is 0 Å². The van der Waals surface area contributed by atoms with Crippen LogP contribution in [0.15, 0.2) is 60.8 Å². The van der Waals surface area contributed by atoms with Gasteiger partial charge in [0.25, 0.3) is 0 Å². The predicted octanol–water partition coefficient (Wildman–Crippen LogP) is 12.4. The zero-order valence-electron chi connectivity index (χ0n) is 30.0. The first-order chi connectivity index (χ1) is 21.7. The van der Waals surface area contributed by atoms with E-state index in [4.69, 9.17) is 9.47 Å². The number of nitrogens with zero attached hydrogens (tertiary/aromatic N) is 1. The third-order valence-corrected chi connectivity index (χ3v) is 7.76. The minimum atomic E-state index is 0.184. The van der Waals surface area contributed by atoms with Gasteiger partial charge in [-0.05, 0) is 91.1 Å². The molecule has 0 aliphatic heterocycles. The number of rotatable bonds is 34. The van der Waals surface area contributed by atoms with Crippen molar-refractivity contribution in [3.63, 3.8) is 0 Å². The molecule has 0 heterocycles. The van der Waals surface area contributed by atoms with Gasteiger partial charge in [0.15, 0.2) is 0 Å². The van der Waals surface area contributed by atoms with Crippen molar-refractivity contribution < 1.29 is 9.47 Å². The van der Waals surface area contributed by atoms with E-state index in [1.807, 2.05) is 0 Å². The number of hydrogen-bond donors (Lipinski definition) is 0. The van der Waals surface area contributed by atoms with Crippen molar-refractivity contribution in [1.82, 2.24) is 4.90 Å². The molecule has 44 heavy (non-hydrogen) atoms. The second-order valence-corrected chi connectivity index (χ2v) is 12.6. The van der Waals surface area contributed by atoms with Crippen molar-refractivity contribution in [3.8, 4) is 0 Å². The minimum Gasteiger partial charge on any atom is -0.379 e. The van der Waals surface area contributed by atoms with Gasteiger partial charge in [0, 0.05) is 19.8 Å². The molecule has 0 rings (SSSR count). The van der Waals surface area contributed by atoms with E-state index in [9.17, 15) is 0 Å². The summed E-state index contributed by atoms with van der Waals surface area (Å²) in [7, 11) is 4.24. The summed E-state index contributed by atoms with van der Waals surface area (Å²) in [4.78, 5) is 2.21. The minimum absolute atomic E-state index is 0.184. The SMILES string of the molecule is CC/C=C\C/C=C\C/C=C\CCCCCCCCOC(COCCCCCCCC/C=C\C/C=C\CCCCC)CN(C)C. The van der Waals surface area contributed by atoms with Crippen LogP contribution in [0.25, 0.3) is 0 Å². The van der Waals surface area contributed by atoms with Crippen LogP contribution in [0.4, 0.5) is 0 Å². The van der Waals surface area contributed by atoms with Crippen molar-refractivity contribution in [2.75, 3.05) is 40.5 Å². The second kappa shape index (κ2) is 37.8. The Balaban J connectivity index is 3.59. The molecule has 0 aromatic heterocycles. The van der Waals surface area contributed by atoms with Crippen LogP contribution < -0.4 is 0 Å². The van der Waals surface area contributed by atoms with E-state index in [-0.39, 0.29) is 6.10 Å². The molecule has 3 nitrogen and oxygen atoms in total. The predicted molar refractivity (Wildman–Crippen MR) is 198 cm³/mol. The lowest BCUT2D eigenvalue weighted by atomic mass is 10.1. The molecule has 3 heteroatoms. The molecule has 0 saturated carbocycles. The normalized spacial score (nSPS) is 13.4. The van der Waals surface area contributed by atoms with Crippen molar-refractivity contribution in [2.24, 2.45) is 0 Å². The van der Waals surface area contributed by atoms with Gasteiger partial charge in [-0.25, -0.2) is 0 Å². The first kappa shape index (κ1) is 42.6. The van der Waals surface area contributed by atoms with Gasteiger partial charge >= 0.3 is 0 Å². The molecule has 0 radical (unpaired) electrons. The van der Waals surface area contributed by atoms with Gasteiger partial charge < -0.3 is 14.4 Å². The Kier molecular flexibility index (Phi) is 36.5. The zero-order valence-corrected chi connectivity index (χ0v) is 30.0. The van der Waals surface area contributed by atoms with Gasteiger partial charge in [-0.15, -0.1) is 0 Å². The first-order valence-corrected chi connectivity index (χ1v) is 18.8. The molecule has 0 fully saturated rings. The standard InChI is InChI=1S/C41H75NO2/c1-5-7-9-11-13-15-17-19-21-23-25-27-29-31-33-35-37-43-40-41(39-42(3)4)44-38-36-34-32-30-28-26-24-22-20-18-16-14-12-10-8-6-2/h8,10,13-16,19-22,41H,5-7,9,11-12,17-18,23-40H2,1-4H3/b10-8-,15-13-,16-14-,21-19-,22-20-. The van der Waals surface area contributed by atoms with Crippen LogP contribution in [0.5, 0.6) is 0 Å². The Morgan fingerprint density at radius 3 is 1.41 bits per heavy atom. The number of hydrogen-bond acceptors (Lipinski definition) is 3. The summed E-state index contributed by atoms with van der Waals surface area (Å²) >= 11 is 0. The molecule has 0 aliphatic carbocycles. The van der Waals surface area contributed by atoms with Gasteiger partial charge in [-0.1, -0.05) is 139 Å². The summed E-state index contributed by atoms with van der Waals surface area (Å²) in [6.07, 6.45) is 50.8. The fourth-order valence-corrected chi connectivity index (χ4v) is 5.12. The van der Waals surface area contributed by atoms with Crippen LogP contribution >= 0.6 is 0 Å². The highest BCUT2D eigenvalue weighted by atomic mass is 16.5. The molecule has 0 amide bonds. The largest absolute Gasteiger partial charge is 0.379 e. The average molecular weight is 614 g/mol. The summed E-state index contributed by atoms with van der Waals surface area (Å²) in [5.74, 6) is 0. The van der Waals surface area contributed by atoms with Gasteiger partial charge in [0.2, 0.25) is 0 Å². The van der Waals surface area contributed by atoms with E-state index >= 15 is 0 Å². The summed E-state index contributed by atoms with van der Waals surface area (Å²) in [6.45, 7) is 7.82. The zero-order chi connectivity index (χ0) is 32.0. The third-order valence-electron chi connectivity index (χ3n) is 7.76. The molecule has 1 unspecified atom stereocenters. The molecular formula is C41H75NO2. The smallest absolute Gasteiger partial charge is 0.0934 e.